The van der Waals surface area contributed by atoms with Gasteiger partial charge in [-0.2, -0.15) is 4.72 Å². The van der Waals surface area contributed by atoms with Crippen LogP contribution in [-0.4, -0.2) is 77.5 Å². The molecule has 13 nitrogen and oxygen atoms in total. The Hall–Kier alpha value is -3.56. The Morgan fingerprint density at radius 2 is 1.92 bits per heavy atom. The van der Waals surface area contributed by atoms with Gasteiger partial charge >= 0.3 is 21.0 Å². The van der Waals surface area contributed by atoms with E-state index in [4.69, 9.17) is 10.3 Å². The molecule has 200 valence electrons. The number of amides is 2. The molecule has 1 atom stereocenters. The molecule has 0 bridgehead atoms. The van der Waals surface area contributed by atoms with Crippen molar-refractivity contribution in [3.8, 4) is 5.75 Å². The molecule has 1 aliphatic heterocycles. The first kappa shape index (κ1) is 29.0. The van der Waals surface area contributed by atoms with Crippen LogP contribution in [0, 0.1) is 13.8 Å². The van der Waals surface area contributed by atoms with Crippen LogP contribution in [-0.2, 0) is 21.2 Å². The number of nitrogens with one attached hydrogen (secondary N) is 4. The lowest BCUT2D eigenvalue weighted by Gasteiger charge is -2.19. The lowest BCUT2D eigenvalue weighted by Crippen LogP contribution is -2.49. The summed E-state index contributed by atoms with van der Waals surface area (Å²) in [6.07, 6.45) is 1.91. The molecular weight excluding hydrogens is 513 g/mol. The highest BCUT2D eigenvalue weighted by Crippen LogP contribution is 2.26. The van der Waals surface area contributed by atoms with Gasteiger partial charge in [0.05, 0.1) is 10.6 Å². The summed E-state index contributed by atoms with van der Waals surface area (Å²) in [5.41, 5.74) is 7.39. The molecule has 38 heavy (non-hydrogen) atoms. The zero-order valence-electron chi connectivity index (χ0n) is 21.2. The summed E-state index contributed by atoms with van der Waals surface area (Å²) in [4.78, 5) is 40.1. The number of aryl methyl sites for hydroxylation is 3. The molecule has 0 spiro atoms. The van der Waals surface area contributed by atoms with Gasteiger partial charge < -0.3 is 31.3 Å². The molecule has 0 aliphatic carbocycles. The van der Waals surface area contributed by atoms with Crippen molar-refractivity contribution in [2.45, 2.75) is 37.6 Å². The monoisotopic (exact) mass is 542 g/mol. The lowest BCUT2D eigenvalue weighted by molar-refractivity contribution is -0.138. The first-order chi connectivity index (χ1) is 18.0. The molecule has 17 heteroatoms. The van der Waals surface area contributed by atoms with Gasteiger partial charge in [-0.1, -0.05) is 6.07 Å². The van der Waals surface area contributed by atoms with E-state index >= 15 is 0 Å². The zero-order valence-corrected chi connectivity index (χ0v) is 22.0. The quantitative estimate of drug-likeness (QED) is 0.162. The van der Waals surface area contributed by atoms with Crippen LogP contribution in [0.4, 0.5) is 15.4 Å². The molecule has 2 heterocycles. The van der Waals surface area contributed by atoms with Crippen molar-refractivity contribution in [1.82, 2.24) is 20.3 Å². The Kier molecular flexibility index (Phi) is 9.77. The number of hydrogen-bond donors (Lipinski definition) is 6. The number of carbonyl (C=O) groups is 3. The third-order valence-electron chi connectivity index (χ3n) is 5.76. The number of pyridine rings is 1. The number of carboxylic acids is 1. The molecule has 0 fully saturated rings. The van der Waals surface area contributed by atoms with E-state index in [2.05, 4.69) is 25.6 Å². The number of carboxylic acid groups (broad SMARTS) is 1. The van der Waals surface area contributed by atoms with Crippen LogP contribution in [0.3, 0.4) is 0 Å². The SMILES string of the molecule is Cc1cc(OBC(=O)NBN)cc(C)c1S(=O)(=O)NC(CNC(=O)Bc1ccc2c(n1)NCCC2)C(=O)O. The molecule has 2 aromatic rings. The number of benzene rings is 1. The Morgan fingerprint density at radius 1 is 1.21 bits per heavy atom. The predicted molar refractivity (Wildman–Crippen MR) is 147 cm³/mol. The van der Waals surface area contributed by atoms with Crippen LogP contribution in [0.15, 0.2) is 29.2 Å². The standard InChI is InChI=1S/C21H29B3N6O7S/c1-11-8-14(37-23-21(34)29-24-25)9-12(2)17(11)38(35,36)30-15(19(31)32)10-27-20(33)22-16-6-5-13-4-3-7-26-18(13)28-16/h5-6,8-9,15,22-24,30H,3-4,7,10,25H2,1-2H3,(H,26,28)(H,27,33)(H,29,34)(H,31,32). The van der Waals surface area contributed by atoms with Gasteiger partial charge in [-0.3, -0.25) is 14.4 Å². The van der Waals surface area contributed by atoms with Gasteiger partial charge in [0.1, 0.15) is 11.9 Å². The Labute approximate surface area is 222 Å². The minimum absolute atomic E-state index is 0.0449. The van der Waals surface area contributed by atoms with Crippen molar-refractivity contribution in [2.24, 2.45) is 5.64 Å². The summed E-state index contributed by atoms with van der Waals surface area (Å²) in [5.74, 6) is -1.39. The minimum atomic E-state index is -4.29. The third kappa shape index (κ3) is 7.72. The highest BCUT2D eigenvalue weighted by molar-refractivity contribution is 7.89. The second-order valence-electron chi connectivity index (χ2n) is 8.81. The fourth-order valence-electron chi connectivity index (χ4n) is 4.07. The van der Waals surface area contributed by atoms with Gasteiger partial charge in [-0.15, -0.1) is 0 Å². The van der Waals surface area contributed by atoms with E-state index in [9.17, 15) is 27.9 Å². The van der Waals surface area contributed by atoms with Crippen molar-refractivity contribution in [3.63, 3.8) is 0 Å². The summed E-state index contributed by atoms with van der Waals surface area (Å²) in [7, 11) is -4.73. The van der Waals surface area contributed by atoms with E-state index in [0.717, 1.165) is 30.8 Å². The molecule has 1 aliphatic rings. The smallest absolute Gasteiger partial charge is 0.439 e. The maximum atomic E-state index is 13.1. The van der Waals surface area contributed by atoms with Gasteiger partial charge in [0.2, 0.25) is 15.8 Å². The molecule has 1 aromatic heterocycles. The van der Waals surface area contributed by atoms with Crippen molar-refractivity contribution in [1.29, 1.82) is 0 Å². The maximum Gasteiger partial charge on any atom is 0.439 e. The molecule has 0 saturated heterocycles. The van der Waals surface area contributed by atoms with Crippen molar-refractivity contribution in [2.75, 3.05) is 18.4 Å². The van der Waals surface area contributed by atoms with Crippen molar-refractivity contribution < 1.29 is 32.6 Å². The number of aliphatic carboxylic acids is 1. The zero-order chi connectivity index (χ0) is 27.9. The van der Waals surface area contributed by atoms with E-state index in [0.29, 0.717) is 5.59 Å². The molecule has 1 aromatic carbocycles. The number of nitrogens with two attached hydrogens (primary N) is 1. The molecule has 1 unspecified atom stereocenters. The Balaban J connectivity index is 1.64. The second-order valence-corrected chi connectivity index (χ2v) is 10.5. The van der Waals surface area contributed by atoms with Crippen LogP contribution in [0.5, 0.6) is 5.75 Å². The van der Waals surface area contributed by atoms with E-state index in [1.54, 1.807) is 6.07 Å². The highest BCUT2D eigenvalue weighted by Gasteiger charge is 2.29. The summed E-state index contributed by atoms with van der Waals surface area (Å²) >= 11 is 0. The van der Waals surface area contributed by atoms with Crippen molar-refractivity contribution >= 4 is 61.3 Å². The van der Waals surface area contributed by atoms with Gasteiger partial charge in [0.25, 0.3) is 7.28 Å². The Bertz CT molecular complexity index is 1310. The number of sulfonamides is 1. The van der Waals surface area contributed by atoms with Crippen LogP contribution < -0.4 is 36.5 Å². The van der Waals surface area contributed by atoms with Crippen LogP contribution in [0.1, 0.15) is 23.1 Å². The fourth-order valence-corrected chi connectivity index (χ4v) is 5.71. The Morgan fingerprint density at radius 3 is 2.58 bits per heavy atom. The van der Waals surface area contributed by atoms with Crippen LogP contribution in [0.2, 0.25) is 0 Å². The predicted octanol–water partition coefficient (Wildman–Crippen LogP) is -2.08. The van der Waals surface area contributed by atoms with E-state index in [1.165, 1.54) is 26.0 Å². The third-order valence-corrected chi connectivity index (χ3v) is 7.54. The normalized spacial score (nSPS) is 13.2. The molecule has 7 N–H and O–H groups in total. The first-order valence-corrected chi connectivity index (χ1v) is 13.4. The summed E-state index contributed by atoms with van der Waals surface area (Å²) in [6, 6.07) is 4.88. The average molecular weight is 542 g/mol. The second kappa shape index (κ2) is 12.8. The fraction of sp³-hybridized carbons (Fsp3) is 0.333. The number of nitrogens with zero attached hydrogens (tertiary/aromatic N) is 1. The first-order valence-electron chi connectivity index (χ1n) is 12.0. The van der Waals surface area contributed by atoms with E-state index in [1.807, 2.05) is 6.07 Å². The number of rotatable bonds is 12. The number of carbonyl (C=O) groups excluding carboxylic acids is 2. The summed E-state index contributed by atoms with van der Waals surface area (Å²) in [6.45, 7) is 3.38. The van der Waals surface area contributed by atoms with Crippen LogP contribution in [0.25, 0.3) is 0 Å². The van der Waals surface area contributed by atoms with Crippen molar-refractivity contribution in [3.05, 3.63) is 41.0 Å². The molecule has 0 saturated carbocycles. The maximum absolute atomic E-state index is 13.1. The number of aromatic nitrogens is 1. The highest BCUT2D eigenvalue weighted by atomic mass is 32.2. The van der Waals surface area contributed by atoms with Gasteiger partial charge in [0, 0.05) is 18.7 Å². The lowest BCUT2D eigenvalue weighted by atomic mass is 9.72. The molecular formula is C21H29B3N6O7S. The van der Waals surface area contributed by atoms with E-state index in [-0.39, 0.29) is 44.1 Å². The number of fused-ring (bicyclic) bond motifs is 1. The molecule has 2 amide bonds. The number of hydrogen-bond acceptors (Lipinski definition) is 9. The van der Waals surface area contributed by atoms with Gasteiger partial charge in [-0.05, 0) is 61.6 Å². The topological polar surface area (TPSA) is 202 Å². The summed E-state index contributed by atoms with van der Waals surface area (Å²) in [5, 5.41) is 17.6. The minimum Gasteiger partial charge on any atom is -0.554 e. The van der Waals surface area contributed by atoms with Gasteiger partial charge in [-0.25, -0.2) is 13.4 Å². The van der Waals surface area contributed by atoms with Crippen LogP contribution >= 0.6 is 0 Å². The van der Waals surface area contributed by atoms with E-state index < -0.39 is 40.2 Å². The number of anilines is 1. The molecule has 3 rings (SSSR count). The van der Waals surface area contributed by atoms with Gasteiger partial charge in [0.15, 0.2) is 5.81 Å². The average Bonchev–Trinajstić information content (AvgIpc) is 2.84. The molecule has 0 radical (unpaired) electrons. The largest absolute Gasteiger partial charge is 0.554 e. The summed E-state index contributed by atoms with van der Waals surface area (Å²) < 4.78 is 33.7.